The first kappa shape index (κ1) is 11.1. The average molecular weight is 255 g/mol. The van der Waals surface area contributed by atoms with Gasteiger partial charge in [-0.25, -0.2) is 5.84 Å². The van der Waals surface area contributed by atoms with Crippen molar-refractivity contribution < 1.29 is 0 Å². The topological polar surface area (TPSA) is 63.8 Å². The smallest absolute Gasteiger partial charge is 0.162 e. The van der Waals surface area contributed by atoms with Gasteiger partial charge in [-0.15, -0.1) is 10.2 Å². The number of nitrogen functional groups attached to an aromatic ring is 1. The standard InChI is InChI=1S/C10H8Cl2N4/c11-7-3-1-2-6(10(7)12)8-4-5-9(14-13)16-15-8/h1-5H,13H2,(H,14,16). The van der Waals surface area contributed by atoms with Crippen LogP contribution in [0, 0.1) is 0 Å². The number of aromatic nitrogens is 2. The highest BCUT2D eigenvalue weighted by Gasteiger charge is 2.08. The van der Waals surface area contributed by atoms with Gasteiger partial charge in [-0.1, -0.05) is 35.3 Å². The van der Waals surface area contributed by atoms with Crippen LogP contribution in [0.3, 0.4) is 0 Å². The maximum absolute atomic E-state index is 6.06. The number of hydrogen-bond acceptors (Lipinski definition) is 4. The molecule has 0 spiro atoms. The molecule has 6 heteroatoms. The van der Waals surface area contributed by atoms with Gasteiger partial charge in [0.2, 0.25) is 0 Å². The summed E-state index contributed by atoms with van der Waals surface area (Å²) in [5.74, 6) is 5.68. The fourth-order valence-corrected chi connectivity index (χ4v) is 1.65. The second-order valence-corrected chi connectivity index (χ2v) is 3.83. The molecule has 0 bridgehead atoms. The van der Waals surface area contributed by atoms with Gasteiger partial charge in [0.15, 0.2) is 5.82 Å². The lowest BCUT2D eigenvalue weighted by Crippen LogP contribution is -2.09. The van der Waals surface area contributed by atoms with Gasteiger partial charge in [0, 0.05) is 5.56 Å². The zero-order chi connectivity index (χ0) is 11.5. The van der Waals surface area contributed by atoms with Gasteiger partial charge < -0.3 is 5.43 Å². The van der Waals surface area contributed by atoms with Crippen molar-refractivity contribution in [2.24, 2.45) is 5.84 Å². The lowest BCUT2D eigenvalue weighted by Gasteiger charge is -2.04. The second kappa shape index (κ2) is 4.65. The Hall–Kier alpha value is -1.36. The summed E-state index contributed by atoms with van der Waals surface area (Å²) in [6, 6.07) is 8.82. The predicted octanol–water partition coefficient (Wildman–Crippen LogP) is 2.74. The van der Waals surface area contributed by atoms with E-state index in [0.717, 1.165) is 5.56 Å². The molecule has 4 nitrogen and oxygen atoms in total. The third-order valence-electron chi connectivity index (χ3n) is 2.04. The lowest BCUT2D eigenvalue weighted by molar-refractivity contribution is 1.03. The second-order valence-electron chi connectivity index (χ2n) is 3.05. The number of nitrogens with two attached hydrogens (primary N) is 1. The van der Waals surface area contributed by atoms with E-state index < -0.39 is 0 Å². The van der Waals surface area contributed by atoms with Gasteiger partial charge in [0.1, 0.15) is 0 Å². The van der Waals surface area contributed by atoms with Crippen molar-refractivity contribution in [1.29, 1.82) is 0 Å². The maximum atomic E-state index is 6.06. The van der Waals surface area contributed by atoms with E-state index in [2.05, 4.69) is 15.6 Å². The third kappa shape index (κ3) is 2.09. The van der Waals surface area contributed by atoms with Gasteiger partial charge in [-0.05, 0) is 18.2 Å². The van der Waals surface area contributed by atoms with Gasteiger partial charge in [0.05, 0.1) is 15.7 Å². The molecule has 0 amide bonds. The minimum atomic E-state index is 0.465. The van der Waals surface area contributed by atoms with Crippen molar-refractivity contribution in [3.8, 4) is 11.3 Å². The van der Waals surface area contributed by atoms with E-state index in [0.29, 0.717) is 21.6 Å². The average Bonchev–Trinajstić information content (AvgIpc) is 2.33. The van der Waals surface area contributed by atoms with Gasteiger partial charge >= 0.3 is 0 Å². The van der Waals surface area contributed by atoms with Crippen LogP contribution >= 0.6 is 23.2 Å². The predicted molar refractivity (Wildman–Crippen MR) is 65.3 cm³/mol. The quantitative estimate of drug-likeness (QED) is 0.639. The van der Waals surface area contributed by atoms with Crippen molar-refractivity contribution in [3.63, 3.8) is 0 Å². The molecule has 82 valence electrons. The zero-order valence-electron chi connectivity index (χ0n) is 8.11. The minimum absolute atomic E-state index is 0.465. The molecule has 0 atom stereocenters. The molecular formula is C10H8Cl2N4. The van der Waals surface area contributed by atoms with Crippen molar-refractivity contribution >= 4 is 29.0 Å². The molecule has 2 rings (SSSR count). The Kier molecular flexibility index (Phi) is 3.24. The summed E-state index contributed by atoms with van der Waals surface area (Å²) in [4.78, 5) is 0. The summed E-state index contributed by atoms with van der Waals surface area (Å²) in [6.45, 7) is 0. The Morgan fingerprint density at radius 3 is 2.50 bits per heavy atom. The van der Waals surface area contributed by atoms with E-state index in [1.165, 1.54) is 0 Å². The normalized spacial score (nSPS) is 10.2. The van der Waals surface area contributed by atoms with Crippen LogP contribution in [-0.4, -0.2) is 10.2 Å². The van der Waals surface area contributed by atoms with Crippen molar-refractivity contribution in [3.05, 3.63) is 40.4 Å². The van der Waals surface area contributed by atoms with Crippen LogP contribution in [0.5, 0.6) is 0 Å². The van der Waals surface area contributed by atoms with Crippen LogP contribution < -0.4 is 11.3 Å². The summed E-state index contributed by atoms with van der Waals surface area (Å²) < 4.78 is 0. The van der Waals surface area contributed by atoms with E-state index >= 15 is 0 Å². The Morgan fingerprint density at radius 1 is 1.06 bits per heavy atom. The maximum Gasteiger partial charge on any atom is 0.162 e. The van der Waals surface area contributed by atoms with Crippen LogP contribution in [0.1, 0.15) is 0 Å². The molecule has 2 aromatic rings. The Bertz CT molecular complexity index is 499. The van der Waals surface area contributed by atoms with Crippen LogP contribution in [0.2, 0.25) is 10.0 Å². The lowest BCUT2D eigenvalue weighted by atomic mass is 10.1. The van der Waals surface area contributed by atoms with Crippen LogP contribution in [-0.2, 0) is 0 Å². The molecule has 0 aliphatic carbocycles. The molecule has 3 N–H and O–H groups in total. The highest BCUT2D eigenvalue weighted by molar-refractivity contribution is 6.43. The number of nitrogens with zero attached hydrogens (tertiary/aromatic N) is 2. The molecule has 1 heterocycles. The molecule has 0 aliphatic heterocycles. The van der Waals surface area contributed by atoms with Crippen LogP contribution in [0.15, 0.2) is 30.3 Å². The molecule has 0 saturated heterocycles. The Labute approximate surface area is 102 Å². The van der Waals surface area contributed by atoms with Crippen molar-refractivity contribution in [2.75, 3.05) is 5.43 Å². The molecule has 1 aromatic carbocycles. The highest BCUT2D eigenvalue weighted by Crippen LogP contribution is 2.32. The summed E-state index contributed by atoms with van der Waals surface area (Å²) in [5, 5.41) is 8.80. The first-order valence-electron chi connectivity index (χ1n) is 4.47. The molecule has 16 heavy (non-hydrogen) atoms. The van der Waals surface area contributed by atoms with E-state index in [1.54, 1.807) is 24.3 Å². The fraction of sp³-hybridized carbons (Fsp3) is 0. The summed E-state index contributed by atoms with van der Waals surface area (Å²) in [7, 11) is 0. The van der Waals surface area contributed by atoms with Crippen LogP contribution in [0.4, 0.5) is 5.82 Å². The van der Waals surface area contributed by atoms with Gasteiger partial charge in [-0.2, -0.15) is 0 Å². The van der Waals surface area contributed by atoms with Crippen molar-refractivity contribution in [1.82, 2.24) is 10.2 Å². The number of hydrogen-bond donors (Lipinski definition) is 2. The minimum Gasteiger partial charge on any atom is -0.307 e. The Balaban J connectivity index is 2.46. The first-order valence-corrected chi connectivity index (χ1v) is 5.22. The van der Waals surface area contributed by atoms with E-state index in [-0.39, 0.29) is 0 Å². The van der Waals surface area contributed by atoms with E-state index in [4.69, 9.17) is 29.0 Å². The van der Waals surface area contributed by atoms with Gasteiger partial charge in [-0.3, -0.25) is 0 Å². The summed E-state index contributed by atoms with van der Waals surface area (Å²) >= 11 is 12.0. The number of hydrazine groups is 1. The largest absolute Gasteiger partial charge is 0.307 e. The number of rotatable bonds is 2. The van der Waals surface area contributed by atoms with Crippen LogP contribution in [0.25, 0.3) is 11.3 Å². The van der Waals surface area contributed by atoms with Gasteiger partial charge in [0.25, 0.3) is 0 Å². The monoisotopic (exact) mass is 254 g/mol. The summed E-state index contributed by atoms with van der Waals surface area (Å²) in [5.41, 5.74) is 3.78. The molecule has 0 fully saturated rings. The molecule has 0 unspecified atom stereocenters. The van der Waals surface area contributed by atoms with E-state index in [9.17, 15) is 0 Å². The SMILES string of the molecule is NNc1ccc(-c2cccc(Cl)c2Cl)nn1. The molecule has 0 saturated carbocycles. The zero-order valence-corrected chi connectivity index (χ0v) is 9.63. The number of nitrogens with one attached hydrogen (secondary N) is 1. The first-order chi connectivity index (χ1) is 7.72. The fourth-order valence-electron chi connectivity index (χ4n) is 1.25. The highest BCUT2D eigenvalue weighted by atomic mass is 35.5. The molecule has 1 aromatic heterocycles. The summed E-state index contributed by atoms with van der Waals surface area (Å²) in [6.07, 6.45) is 0. The molecule has 0 aliphatic rings. The van der Waals surface area contributed by atoms with Crippen molar-refractivity contribution in [2.45, 2.75) is 0 Å². The Morgan fingerprint density at radius 2 is 1.88 bits per heavy atom. The molecular weight excluding hydrogens is 247 g/mol. The third-order valence-corrected chi connectivity index (χ3v) is 2.86. The molecule has 0 radical (unpaired) electrons. The van der Waals surface area contributed by atoms with E-state index in [1.807, 2.05) is 6.07 Å². The number of halogens is 2. The number of benzene rings is 1. The number of anilines is 1.